The zero-order chi connectivity index (χ0) is 9.42. The van der Waals surface area contributed by atoms with Gasteiger partial charge < -0.3 is 4.52 Å². The molecule has 3 nitrogen and oxygen atoms in total. The van der Waals surface area contributed by atoms with Crippen LogP contribution in [0.15, 0.2) is 10.7 Å². The van der Waals surface area contributed by atoms with Gasteiger partial charge in [-0.3, -0.25) is 4.90 Å². The van der Waals surface area contributed by atoms with Crippen molar-refractivity contribution >= 4 is 0 Å². The summed E-state index contributed by atoms with van der Waals surface area (Å²) in [6.07, 6.45) is 3.14. The molecule has 72 valence electrons. The van der Waals surface area contributed by atoms with Crippen molar-refractivity contribution in [3.8, 4) is 0 Å². The number of hydrogen-bond donors (Lipinski definition) is 0. The maximum absolute atomic E-state index is 5.03. The lowest BCUT2D eigenvalue weighted by Crippen LogP contribution is -2.51. The van der Waals surface area contributed by atoms with Crippen LogP contribution in [0.4, 0.5) is 0 Å². The Hall–Kier alpha value is -0.830. The molecule has 2 heterocycles. The lowest BCUT2D eigenvalue weighted by Gasteiger charge is -2.45. The molecule has 2 atom stereocenters. The van der Waals surface area contributed by atoms with Gasteiger partial charge in [0, 0.05) is 24.2 Å². The molecule has 0 saturated carbocycles. The van der Waals surface area contributed by atoms with E-state index in [1.54, 1.807) is 0 Å². The predicted octanol–water partition coefficient (Wildman–Crippen LogP) is 1.97. The molecule has 0 aromatic carbocycles. The first kappa shape index (κ1) is 8.75. The predicted molar refractivity (Wildman–Crippen MR) is 50.3 cm³/mol. The zero-order valence-electron chi connectivity index (χ0n) is 8.45. The van der Waals surface area contributed by atoms with Crippen LogP contribution in [0.25, 0.3) is 0 Å². The maximum Gasteiger partial charge on any atom is 0.138 e. The molecule has 1 aliphatic rings. The van der Waals surface area contributed by atoms with E-state index in [9.17, 15) is 0 Å². The summed E-state index contributed by atoms with van der Waals surface area (Å²) in [7, 11) is 0. The molecule has 0 aliphatic carbocycles. The summed E-state index contributed by atoms with van der Waals surface area (Å²) < 4.78 is 5.03. The summed E-state index contributed by atoms with van der Waals surface area (Å²) in [6.45, 7) is 7.49. The van der Waals surface area contributed by atoms with Crippen LogP contribution in [0.5, 0.6) is 0 Å². The summed E-state index contributed by atoms with van der Waals surface area (Å²) in [5.74, 6) is 0.950. The smallest absolute Gasteiger partial charge is 0.138 e. The monoisotopic (exact) mass is 180 g/mol. The average Bonchev–Trinajstić information content (AvgIpc) is 2.48. The molecule has 1 fully saturated rings. The summed E-state index contributed by atoms with van der Waals surface area (Å²) >= 11 is 0. The minimum atomic E-state index is 0.712. The van der Waals surface area contributed by atoms with E-state index in [2.05, 4.69) is 23.9 Å². The van der Waals surface area contributed by atoms with Crippen molar-refractivity contribution in [1.29, 1.82) is 0 Å². The number of nitrogens with zero attached hydrogens (tertiary/aromatic N) is 2. The molecule has 0 spiro atoms. The second kappa shape index (κ2) is 3.14. The molecule has 0 bridgehead atoms. The maximum atomic E-state index is 5.03. The first-order valence-electron chi connectivity index (χ1n) is 4.84. The van der Waals surface area contributed by atoms with Crippen molar-refractivity contribution in [2.24, 2.45) is 0 Å². The van der Waals surface area contributed by atoms with Crippen LogP contribution in [0, 0.1) is 6.92 Å². The first-order valence-corrected chi connectivity index (χ1v) is 4.84. The van der Waals surface area contributed by atoms with Gasteiger partial charge in [0.1, 0.15) is 5.76 Å². The van der Waals surface area contributed by atoms with E-state index < -0.39 is 0 Å². The van der Waals surface area contributed by atoms with Gasteiger partial charge in [-0.2, -0.15) is 0 Å². The largest absolute Gasteiger partial charge is 0.361 e. The minimum absolute atomic E-state index is 0.712. The Morgan fingerprint density at radius 1 is 1.54 bits per heavy atom. The first-order chi connectivity index (χ1) is 6.18. The normalized spacial score (nSPS) is 28.8. The molecule has 1 saturated heterocycles. The third-order valence-electron chi connectivity index (χ3n) is 3.02. The van der Waals surface area contributed by atoms with Crippen molar-refractivity contribution in [2.75, 3.05) is 0 Å². The molecule has 0 radical (unpaired) electrons. The van der Waals surface area contributed by atoms with Crippen molar-refractivity contribution in [2.45, 2.75) is 45.8 Å². The van der Waals surface area contributed by atoms with Crippen LogP contribution in [0.3, 0.4) is 0 Å². The fourth-order valence-corrected chi connectivity index (χ4v) is 2.04. The standard InChI is InChI=1S/C10H16N2O/c1-7-4-8(2)12(7)6-10-5-11-13-9(10)3/h5,7-8H,4,6H2,1-3H3. The van der Waals surface area contributed by atoms with E-state index in [-0.39, 0.29) is 0 Å². The lowest BCUT2D eigenvalue weighted by molar-refractivity contribution is 0.0292. The average molecular weight is 180 g/mol. The molecule has 1 aliphatic heterocycles. The van der Waals surface area contributed by atoms with Crippen LogP contribution in [0.1, 0.15) is 31.6 Å². The molecule has 0 amide bonds. The Bertz CT molecular complexity index is 287. The summed E-state index contributed by atoms with van der Waals surface area (Å²) in [6, 6.07) is 1.42. The summed E-state index contributed by atoms with van der Waals surface area (Å²) in [5.41, 5.74) is 1.22. The molecule has 2 unspecified atom stereocenters. The van der Waals surface area contributed by atoms with Gasteiger partial charge in [-0.05, 0) is 27.2 Å². The van der Waals surface area contributed by atoms with Crippen LogP contribution in [-0.2, 0) is 6.54 Å². The third-order valence-corrected chi connectivity index (χ3v) is 3.02. The zero-order valence-corrected chi connectivity index (χ0v) is 8.45. The highest BCUT2D eigenvalue weighted by Crippen LogP contribution is 2.27. The van der Waals surface area contributed by atoms with Gasteiger partial charge in [0.2, 0.25) is 0 Å². The van der Waals surface area contributed by atoms with Gasteiger partial charge in [0.05, 0.1) is 6.20 Å². The number of likely N-dealkylation sites (tertiary alicyclic amines) is 1. The van der Waals surface area contributed by atoms with E-state index in [0.717, 1.165) is 12.3 Å². The van der Waals surface area contributed by atoms with Crippen molar-refractivity contribution in [3.05, 3.63) is 17.5 Å². The van der Waals surface area contributed by atoms with Crippen molar-refractivity contribution < 1.29 is 4.52 Å². The Kier molecular flexibility index (Phi) is 2.12. The molecular weight excluding hydrogens is 164 g/mol. The van der Waals surface area contributed by atoms with Crippen LogP contribution in [0.2, 0.25) is 0 Å². The van der Waals surface area contributed by atoms with Gasteiger partial charge in [0.25, 0.3) is 0 Å². The van der Waals surface area contributed by atoms with Gasteiger partial charge in [-0.25, -0.2) is 0 Å². The quantitative estimate of drug-likeness (QED) is 0.696. The second-order valence-corrected chi connectivity index (χ2v) is 4.01. The van der Waals surface area contributed by atoms with Crippen LogP contribution in [-0.4, -0.2) is 22.1 Å². The van der Waals surface area contributed by atoms with Crippen LogP contribution < -0.4 is 0 Å². The highest BCUT2D eigenvalue weighted by atomic mass is 16.5. The van der Waals surface area contributed by atoms with Gasteiger partial charge in [0.15, 0.2) is 0 Å². The Morgan fingerprint density at radius 2 is 2.23 bits per heavy atom. The van der Waals surface area contributed by atoms with Gasteiger partial charge >= 0.3 is 0 Å². The fourth-order valence-electron chi connectivity index (χ4n) is 2.04. The van der Waals surface area contributed by atoms with E-state index in [4.69, 9.17) is 4.52 Å². The number of hydrogen-bond acceptors (Lipinski definition) is 3. The Labute approximate surface area is 78.7 Å². The van der Waals surface area contributed by atoms with Crippen molar-refractivity contribution in [1.82, 2.24) is 10.1 Å². The molecule has 0 N–H and O–H groups in total. The van der Waals surface area contributed by atoms with Crippen molar-refractivity contribution in [3.63, 3.8) is 0 Å². The summed E-state index contributed by atoms with van der Waals surface area (Å²) in [5, 5.41) is 3.78. The SMILES string of the molecule is Cc1oncc1CN1C(C)CC1C. The Balaban J connectivity index is 2.02. The molecule has 3 heteroatoms. The molecular formula is C10H16N2O. The van der Waals surface area contributed by atoms with Crippen LogP contribution >= 0.6 is 0 Å². The summed E-state index contributed by atoms with van der Waals surface area (Å²) in [4.78, 5) is 2.47. The second-order valence-electron chi connectivity index (χ2n) is 4.01. The minimum Gasteiger partial charge on any atom is -0.361 e. The Morgan fingerprint density at radius 3 is 2.69 bits per heavy atom. The highest BCUT2D eigenvalue weighted by molar-refractivity contribution is 5.12. The van der Waals surface area contributed by atoms with E-state index in [1.807, 2.05) is 13.1 Å². The number of rotatable bonds is 2. The molecule has 1 aromatic rings. The van der Waals surface area contributed by atoms with E-state index in [0.29, 0.717) is 12.1 Å². The molecule has 1 aromatic heterocycles. The highest BCUT2D eigenvalue weighted by Gasteiger charge is 2.31. The fraction of sp³-hybridized carbons (Fsp3) is 0.700. The van der Waals surface area contributed by atoms with Gasteiger partial charge in [-0.1, -0.05) is 5.16 Å². The number of aryl methyl sites for hydroxylation is 1. The third kappa shape index (κ3) is 1.48. The van der Waals surface area contributed by atoms with E-state index >= 15 is 0 Å². The molecule has 13 heavy (non-hydrogen) atoms. The molecule has 2 rings (SSSR count). The number of aromatic nitrogens is 1. The van der Waals surface area contributed by atoms with E-state index in [1.165, 1.54) is 12.0 Å². The topological polar surface area (TPSA) is 29.3 Å². The lowest BCUT2D eigenvalue weighted by atomic mass is 9.95. The van der Waals surface area contributed by atoms with Gasteiger partial charge in [-0.15, -0.1) is 0 Å².